The molecule has 1 saturated heterocycles. The number of rotatable bonds is 6. The molecule has 198 valence electrons. The van der Waals surface area contributed by atoms with Crippen molar-refractivity contribution in [2.24, 2.45) is 0 Å². The summed E-state index contributed by atoms with van der Waals surface area (Å²) in [4.78, 5) is 34.0. The summed E-state index contributed by atoms with van der Waals surface area (Å²) >= 11 is 6.20. The van der Waals surface area contributed by atoms with Crippen LogP contribution in [0.25, 0.3) is 11.0 Å². The SMILES string of the molecule is C#C[C@@]1(O)[C@H](OC(=O)c2ccc(C)cc2)[C@@H](COC(=O)c2ccc(C)cc2)O[C@H]1n1ccc2c(Cl)ncnc21. The number of fused-ring (bicyclic) bond motifs is 1. The van der Waals surface area contributed by atoms with Gasteiger partial charge in [0.2, 0.25) is 5.60 Å². The molecule has 0 amide bonds. The Labute approximate surface area is 229 Å². The van der Waals surface area contributed by atoms with E-state index in [-0.39, 0.29) is 17.3 Å². The van der Waals surface area contributed by atoms with Crippen molar-refractivity contribution in [3.63, 3.8) is 0 Å². The fraction of sp³-hybridized carbons (Fsp3) is 0.241. The standard InChI is InChI=1S/C29H24ClN3O6/c1-4-29(36)23(39-27(35)20-11-7-18(3)8-12-20)22(15-37-26(34)19-9-5-17(2)6-10-19)38-28(29)33-14-13-21-24(30)31-16-32-25(21)33/h1,5-14,16,22-23,28,36H,15H2,2-3H3/t22-,23-,28-,29-/m1/s1. The molecule has 0 unspecified atom stereocenters. The van der Waals surface area contributed by atoms with Gasteiger partial charge in [-0.1, -0.05) is 52.9 Å². The van der Waals surface area contributed by atoms with Gasteiger partial charge in [0.15, 0.2) is 12.3 Å². The van der Waals surface area contributed by atoms with Gasteiger partial charge in [-0.25, -0.2) is 19.6 Å². The van der Waals surface area contributed by atoms with E-state index in [1.807, 2.05) is 13.8 Å². The maximum Gasteiger partial charge on any atom is 0.338 e. The Kier molecular flexibility index (Phi) is 7.10. The number of hydrogen-bond donors (Lipinski definition) is 1. The molecule has 0 radical (unpaired) electrons. The third-order valence-corrected chi connectivity index (χ3v) is 6.88. The van der Waals surface area contributed by atoms with Gasteiger partial charge in [-0.2, -0.15) is 0 Å². The monoisotopic (exact) mass is 545 g/mol. The molecule has 2 aromatic carbocycles. The van der Waals surface area contributed by atoms with Crippen LogP contribution in [0.15, 0.2) is 67.1 Å². The number of ether oxygens (including phenoxy) is 3. The number of terminal acetylenes is 1. The highest BCUT2D eigenvalue weighted by Gasteiger charge is 2.59. The van der Waals surface area contributed by atoms with Crippen molar-refractivity contribution in [3.8, 4) is 12.3 Å². The summed E-state index contributed by atoms with van der Waals surface area (Å²) in [7, 11) is 0. The summed E-state index contributed by atoms with van der Waals surface area (Å²) in [6.45, 7) is 3.43. The third kappa shape index (κ3) is 4.98. The number of hydrogen-bond acceptors (Lipinski definition) is 8. The Bertz CT molecular complexity index is 1580. The summed E-state index contributed by atoms with van der Waals surface area (Å²) in [6.07, 6.45) is 4.90. The van der Waals surface area contributed by atoms with Crippen molar-refractivity contribution in [2.75, 3.05) is 6.61 Å². The van der Waals surface area contributed by atoms with Gasteiger partial charge in [0.05, 0.1) is 16.5 Å². The Morgan fingerprint density at radius 2 is 1.67 bits per heavy atom. The molecule has 1 aliphatic heterocycles. The second kappa shape index (κ2) is 10.5. The number of esters is 2. The lowest BCUT2D eigenvalue weighted by Gasteiger charge is -2.29. The van der Waals surface area contributed by atoms with Gasteiger partial charge in [0, 0.05) is 6.20 Å². The van der Waals surface area contributed by atoms with Crippen molar-refractivity contribution in [3.05, 3.63) is 94.5 Å². The van der Waals surface area contributed by atoms with Gasteiger partial charge in [-0.15, -0.1) is 6.42 Å². The van der Waals surface area contributed by atoms with Crippen LogP contribution in [0.4, 0.5) is 0 Å². The molecule has 4 aromatic rings. The fourth-order valence-corrected chi connectivity index (χ4v) is 4.61. The molecular weight excluding hydrogens is 522 g/mol. The fourth-order valence-electron chi connectivity index (χ4n) is 4.42. The molecule has 0 aliphatic carbocycles. The Morgan fingerprint density at radius 1 is 1.05 bits per heavy atom. The quantitative estimate of drug-likeness (QED) is 0.219. The molecule has 5 rings (SSSR count). The lowest BCUT2D eigenvalue weighted by Crippen LogP contribution is -2.48. The van der Waals surface area contributed by atoms with E-state index in [9.17, 15) is 14.7 Å². The molecule has 1 fully saturated rings. The van der Waals surface area contributed by atoms with Crippen LogP contribution in [0, 0.1) is 26.2 Å². The van der Waals surface area contributed by atoms with E-state index < -0.39 is 36.0 Å². The maximum absolute atomic E-state index is 13.1. The van der Waals surface area contributed by atoms with Gasteiger partial charge in [-0.3, -0.25) is 0 Å². The van der Waals surface area contributed by atoms with Gasteiger partial charge in [0.1, 0.15) is 29.8 Å². The highest BCUT2D eigenvalue weighted by molar-refractivity contribution is 6.33. The van der Waals surface area contributed by atoms with Crippen molar-refractivity contribution in [1.82, 2.24) is 14.5 Å². The Morgan fingerprint density at radius 3 is 2.28 bits per heavy atom. The minimum absolute atomic E-state index is 0.201. The number of carbonyl (C=O) groups excluding carboxylic acids is 2. The molecule has 4 atom stereocenters. The molecule has 0 spiro atoms. The first-order valence-corrected chi connectivity index (χ1v) is 12.4. The predicted octanol–water partition coefficient (Wildman–Crippen LogP) is 4.05. The minimum atomic E-state index is -2.16. The maximum atomic E-state index is 13.1. The second-order valence-electron chi connectivity index (χ2n) is 9.28. The van der Waals surface area contributed by atoms with E-state index in [0.717, 1.165) is 11.1 Å². The smallest absolute Gasteiger partial charge is 0.338 e. The number of carbonyl (C=O) groups is 2. The molecule has 1 N–H and O–H groups in total. The van der Waals surface area contributed by atoms with E-state index in [0.29, 0.717) is 16.6 Å². The molecule has 0 saturated carbocycles. The zero-order chi connectivity index (χ0) is 27.7. The molecule has 10 heteroatoms. The van der Waals surface area contributed by atoms with Crippen LogP contribution in [-0.2, 0) is 14.2 Å². The zero-order valence-corrected chi connectivity index (χ0v) is 21.8. The number of aromatic nitrogens is 3. The van der Waals surface area contributed by atoms with Crippen molar-refractivity contribution in [1.29, 1.82) is 0 Å². The van der Waals surface area contributed by atoms with E-state index in [4.69, 9.17) is 32.2 Å². The Hall–Kier alpha value is -4.23. The number of benzene rings is 2. The molecule has 1 aliphatic rings. The largest absolute Gasteiger partial charge is 0.459 e. The highest BCUT2D eigenvalue weighted by Crippen LogP contribution is 2.42. The topological polar surface area (TPSA) is 113 Å². The molecule has 3 heterocycles. The lowest BCUT2D eigenvalue weighted by atomic mass is 9.94. The number of aryl methyl sites for hydroxylation is 2. The molecule has 39 heavy (non-hydrogen) atoms. The van der Waals surface area contributed by atoms with Gasteiger partial charge < -0.3 is 23.9 Å². The van der Waals surface area contributed by atoms with Gasteiger partial charge >= 0.3 is 11.9 Å². The van der Waals surface area contributed by atoms with Crippen LogP contribution in [0.3, 0.4) is 0 Å². The molecule has 0 bridgehead atoms. The summed E-state index contributed by atoms with van der Waals surface area (Å²) in [6, 6.07) is 15.2. The van der Waals surface area contributed by atoms with Crippen LogP contribution < -0.4 is 0 Å². The van der Waals surface area contributed by atoms with E-state index in [1.165, 1.54) is 10.9 Å². The van der Waals surface area contributed by atoms with Gasteiger partial charge in [0.25, 0.3) is 0 Å². The van der Waals surface area contributed by atoms with Crippen LogP contribution in [0.2, 0.25) is 5.15 Å². The number of nitrogens with zero attached hydrogens (tertiary/aromatic N) is 3. The van der Waals surface area contributed by atoms with E-state index >= 15 is 0 Å². The van der Waals surface area contributed by atoms with E-state index in [2.05, 4.69) is 15.9 Å². The summed E-state index contributed by atoms with van der Waals surface area (Å²) in [5.41, 5.74) is 0.707. The van der Waals surface area contributed by atoms with Crippen LogP contribution in [0.5, 0.6) is 0 Å². The normalized spacial score (nSPS) is 22.4. The lowest BCUT2D eigenvalue weighted by molar-refractivity contribution is -0.0741. The molecule has 9 nitrogen and oxygen atoms in total. The van der Waals surface area contributed by atoms with Crippen molar-refractivity contribution < 1.29 is 28.9 Å². The Balaban J connectivity index is 1.48. The highest BCUT2D eigenvalue weighted by atomic mass is 35.5. The minimum Gasteiger partial charge on any atom is -0.459 e. The predicted molar refractivity (Wildman–Crippen MR) is 142 cm³/mol. The number of halogens is 1. The number of aliphatic hydroxyl groups is 1. The first kappa shape index (κ1) is 26.4. The first-order chi connectivity index (χ1) is 18.7. The second-order valence-corrected chi connectivity index (χ2v) is 9.64. The zero-order valence-electron chi connectivity index (χ0n) is 21.1. The van der Waals surface area contributed by atoms with E-state index in [1.54, 1.807) is 60.8 Å². The average molecular weight is 546 g/mol. The van der Waals surface area contributed by atoms with Crippen molar-refractivity contribution in [2.45, 2.75) is 37.9 Å². The first-order valence-electron chi connectivity index (χ1n) is 12.1. The van der Waals surface area contributed by atoms with Gasteiger partial charge in [-0.05, 0) is 44.2 Å². The average Bonchev–Trinajstić information content (AvgIpc) is 3.48. The third-order valence-electron chi connectivity index (χ3n) is 6.58. The van der Waals surface area contributed by atoms with Crippen molar-refractivity contribution >= 4 is 34.6 Å². The molecule has 2 aromatic heterocycles. The molecular formula is C29H24ClN3O6. The summed E-state index contributed by atoms with van der Waals surface area (Å²) in [5, 5.41) is 12.5. The van der Waals surface area contributed by atoms with Crippen LogP contribution in [-0.4, -0.2) is 56.0 Å². The van der Waals surface area contributed by atoms with Crippen LogP contribution in [0.1, 0.15) is 38.1 Å². The van der Waals surface area contributed by atoms with Crippen LogP contribution >= 0.6 is 11.6 Å². The summed E-state index contributed by atoms with van der Waals surface area (Å²) in [5.74, 6) is 1.01. The summed E-state index contributed by atoms with van der Waals surface area (Å²) < 4.78 is 18.9.